The van der Waals surface area contributed by atoms with Crippen LogP contribution in [-0.4, -0.2) is 64.1 Å². The molecule has 2 fully saturated rings. The molecule has 5 rings (SSSR count). The van der Waals surface area contributed by atoms with Crippen molar-refractivity contribution in [1.29, 1.82) is 0 Å². The number of carbonyl (C=O) groups is 1. The van der Waals surface area contributed by atoms with Gasteiger partial charge in [-0.3, -0.25) is 4.79 Å². The first-order valence-corrected chi connectivity index (χ1v) is 12.3. The topological polar surface area (TPSA) is 66.3 Å². The second kappa shape index (κ2) is 9.12. The van der Waals surface area contributed by atoms with E-state index in [1.807, 2.05) is 27.8 Å². The Morgan fingerprint density at radius 2 is 2.03 bits per heavy atom. The molecular weight excluding hydrogens is 459 g/mol. The van der Waals surface area contributed by atoms with E-state index in [-0.39, 0.29) is 24.0 Å². The molecule has 3 aromatic rings. The van der Waals surface area contributed by atoms with Gasteiger partial charge in [0.15, 0.2) is 0 Å². The first-order chi connectivity index (χ1) is 15.9. The maximum atomic E-state index is 12.9. The van der Waals surface area contributed by atoms with E-state index < -0.39 is 0 Å². The molecule has 7 nitrogen and oxygen atoms in total. The lowest BCUT2D eigenvalue weighted by atomic mass is 10.1. The fraction of sp³-hybridized carbons (Fsp3) is 0.458. The summed E-state index contributed by atoms with van der Waals surface area (Å²) in [7, 11) is 0. The molecule has 1 unspecified atom stereocenters. The first kappa shape index (κ1) is 22.4. The Hall–Kier alpha value is -2.35. The average Bonchev–Trinajstić information content (AvgIpc) is 3.48. The number of hydrogen-bond acceptors (Lipinski definition) is 5. The Morgan fingerprint density at radius 1 is 1.18 bits per heavy atom. The fourth-order valence-corrected chi connectivity index (χ4v) is 5.56. The van der Waals surface area contributed by atoms with E-state index >= 15 is 0 Å². The molecule has 1 N–H and O–H groups in total. The highest BCUT2D eigenvalue weighted by atomic mass is 35.5. The van der Waals surface area contributed by atoms with Crippen LogP contribution in [-0.2, 0) is 4.79 Å². The highest BCUT2D eigenvalue weighted by Crippen LogP contribution is 2.31. The van der Waals surface area contributed by atoms with Gasteiger partial charge in [0.1, 0.15) is 5.52 Å². The van der Waals surface area contributed by atoms with Crippen LogP contribution in [0.3, 0.4) is 0 Å². The molecule has 2 saturated heterocycles. The monoisotopic (exact) mass is 486 g/mol. The van der Waals surface area contributed by atoms with Gasteiger partial charge in [0.25, 0.3) is 0 Å². The number of benzene rings is 2. The Labute approximate surface area is 203 Å². The van der Waals surface area contributed by atoms with Crippen LogP contribution in [0.5, 0.6) is 0 Å². The normalized spacial score (nSPS) is 22.2. The number of amides is 1. The maximum absolute atomic E-state index is 12.9. The van der Waals surface area contributed by atoms with Gasteiger partial charge in [0, 0.05) is 41.4 Å². The van der Waals surface area contributed by atoms with Crippen molar-refractivity contribution in [1.82, 2.24) is 25.2 Å². The van der Waals surface area contributed by atoms with E-state index in [0.29, 0.717) is 10.0 Å². The van der Waals surface area contributed by atoms with Crippen molar-refractivity contribution in [3.05, 3.63) is 52.0 Å². The van der Waals surface area contributed by atoms with Crippen molar-refractivity contribution in [2.24, 2.45) is 0 Å². The van der Waals surface area contributed by atoms with Crippen molar-refractivity contribution in [3.63, 3.8) is 0 Å². The molecule has 2 aromatic carbocycles. The maximum Gasteiger partial charge on any atom is 0.240 e. The van der Waals surface area contributed by atoms with Gasteiger partial charge in [0.2, 0.25) is 5.91 Å². The third kappa shape index (κ3) is 4.29. The highest BCUT2D eigenvalue weighted by Gasteiger charge is 2.33. The number of carbonyl (C=O) groups excluding carboxylic acids is 1. The molecule has 3 atom stereocenters. The number of nitrogens with one attached hydrogen (secondary N) is 1. The summed E-state index contributed by atoms with van der Waals surface area (Å²) in [6.45, 7) is 7.45. The van der Waals surface area contributed by atoms with Crippen LogP contribution in [0.15, 0.2) is 36.4 Å². The zero-order chi connectivity index (χ0) is 23.1. The summed E-state index contributed by atoms with van der Waals surface area (Å²) in [4.78, 5) is 17.3. The molecular formula is C24H28Cl2N6O. The summed E-state index contributed by atoms with van der Waals surface area (Å²) in [5.41, 5.74) is 3.84. The fourth-order valence-electron chi connectivity index (χ4n) is 4.99. The van der Waals surface area contributed by atoms with E-state index in [2.05, 4.69) is 46.5 Å². The number of fused-ring (bicyclic) bond motifs is 1. The van der Waals surface area contributed by atoms with Crippen LogP contribution >= 0.6 is 23.2 Å². The van der Waals surface area contributed by atoms with Crippen LogP contribution < -0.4 is 10.2 Å². The van der Waals surface area contributed by atoms with Gasteiger partial charge in [-0.25, -0.2) is 4.68 Å². The van der Waals surface area contributed by atoms with Crippen LogP contribution in [0, 0.1) is 0 Å². The molecule has 0 spiro atoms. The smallest absolute Gasteiger partial charge is 0.240 e. The number of aromatic nitrogens is 3. The second-order valence-corrected chi connectivity index (χ2v) is 9.87. The highest BCUT2D eigenvalue weighted by molar-refractivity contribution is 6.35. The molecule has 2 aliphatic heterocycles. The van der Waals surface area contributed by atoms with Crippen molar-refractivity contribution in [2.45, 2.75) is 44.8 Å². The number of nitrogens with zero attached hydrogens (tertiary/aromatic N) is 5. The third-order valence-corrected chi connectivity index (χ3v) is 7.43. The van der Waals surface area contributed by atoms with Crippen LogP contribution in [0.25, 0.3) is 11.0 Å². The van der Waals surface area contributed by atoms with E-state index in [0.717, 1.165) is 61.3 Å². The zero-order valence-corrected chi connectivity index (χ0v) is 20.4. The molecule has 33 heavy (non-hydrogen) atoms. The number of anilines is 1. The molecule has 0 saturated carbocycles. The van der Waals surface area contributed by atoms with Gasteiger partial charge in [-0.1, -0.05) is 34.5 Å². The number of hydrogen-bond donors (Lipinski definition) is 1. The van der Waals surface area contributed by atoms with Crippen molar-refractivity contribution < 1.29 is 4.79 Å². The van der Waals surface area contributed by atoms with Crippen molar-refractivity contribution in [3.8, 4) is 0 Å². The number of piperazine rings is 1. The minimum Gasteiger partial charge on any atom is -0.368 e. The quantitative estimate of drug-likeness (QED) is 0.600. The van der Waals surface area contributed by atoms with Crippen LogP contribution in [0.1, 0.15) is 38.3 Å². The molecule has 0 radical (unpaired) electrons. The van der Waals surface area contributed by atoms with Gasteiger partial charge < -0.3 is 15.1 Å². The summed E-state index contributed by atoms with van der Waals surface area (Å²) in [5.74, 6) is 0.242. The molecule has 0 bridgehead atoms. The van der Waals surface area contributed by atoms with Crippen molar-refractivity contribution >= 4 is 45.8 Å². The van der Waals surface area contributed by atoms with Crippen LogP contribution in [0.2, 0.25) is 10.0 Å². The lowest BCUT2D eigenvalue weighted by molar-refractivity contribution is -0.135. The average molecular weight is 487 g/mol. The molecule has 2 aliphatic rings. The standard InChI is InChI=1S/C24H28Cl2N6O/c1-15-14-30(10-11-31(15)24(33)22-4-3-9-27-22)18-6-8-21-23(13-18)32(29-28-21)16(2)19-7-5-17(25)12-20(19)26/h5-8,12-13,15-16,22,27H,3-4,9-11,14H2,1-2H3/t15-,16-,22?/m1/s1. The number of halogens is 2. The third-order valence-electron chi connectivity index (χ3n) is 6.87. The molecule has 9 heteroatoms. The Balaban J connectivity index is 1.37. The Morgan fingerprint density at radius 3 is 2.76 bits per heavy atom. The summed E-state index contributed by atoms with van der Waals surface area (Å²) in [6, 6.07) is 11.8. The molecule has 3 heterocycles. The minimum absolute atomic E-state index is 0.0167. The van der Waals surface area contributed by atoms with E-state index in [9.17, 15) is 4.79 Å². The summed E-state index contributed by atoms with van der Waals surface area (Å²) in [6.07, 6.45) is 2.02. The summed E-state index contributed by atoms with van der Waals surface area (Å²) >= 11 is 12.5. The Bertz CT molecular complexity index is 1170. The van der Waals surface area contributed by atoms with Crippen LogP contribution in [0.4, 0.5) is 5.69 Å². The molecule has 0 aliphatic carbocycles. The number of rotatable bonds is 4. The largest absolute Gasteiger partial charge is 0.368 e. The van der Waals surface area contributed by atoms with E-state index in [4.69, 9.17) is 23.2 Å². The lowest BCUT2D eigenvalue weighted by Gasteiger charge is -2.42. The minimum atomic E-state index is -0.0951. The van der Waals surface area contributed by atoms with Crippen molar-refractivity contribution in [2.75, 3.05) is 31.1 Å². The Kier molecular flexibility index (Phi) is 6.20. The predicted octanol–water partition coefficient (Wildman–Crippen LogP) is 4.14. The molecule has 1 aromatic heterocycles. The van der Waals surface area contributed by atoms with E-state index in [1.165, 1.54) is 0 Å². The van der Waals surface area contributed by atoms with Gasteiger partial charge in [-0.2, -0.15) is 0 Å². The zero-order valence-electron chi connectivity index (χ0n) is 18.8. The second-order valence-electron chi connectivity index (χ2n) is 9.02. The van der Waals surface area contributed by atoms with Gasteiger partial charge >= 0.3 is 0 Å². The van der Waals surface area contributed by atoms with Gasteiger partial charge in [-0.15, -0.1) is 5.10 Å². The lowest BCUT2D eigenvalue weighted by Crippen LogP contribution is -2.57. The summed E-state index contributed by atoms with van der Waals surface area (Å²) in [5, 5.41) is 13.3. The predicted molar refractivity (Wildman–Crippen MR) is 132 cm³/mol. The molecule has 174 valence electrons. The summed E-state index contributed by atoms with van der Waals surface area (Å²) < 4.78 is 1.91. The van der Waals surface area contributed by atoms with Gasteiger partial charge in [0.05, 0.1) is 17.6 Å². The first-order valence-electron chi connectivity index (χ1n) is 11.5. The van der Waals surface area contributed by atoms with Gasteiger partial charge in [-0.05, 0) is 69.1 Å². The molecule has 1 amide bonds. The SMILES string of the molecule is C[C@@H]1CN(c2ccc3nnn([C@H](C)c4ccc(Cl)cc4Cl)c3c2)CCN1C(=O)C1CCCN1. The van der Waals surface area contributed by atoms with E-state index in [1.54, 1.807) is 6.07 Å².